The molecule has 0 amide bonds. The summed E-state index contributed by atoms with van der Waals surface area (Å²) in [7, 11) is 2.12. The average Bonchev–Trinajstić information content (AvgIpc) is 2.30. The first-order valence-corrected chi connectivity index (χ1v) is 4.62. The number of nitrogens with zero attached hydrogens (tertiary/aromatic N) is 1. The van der Waals surface area contributed by atoms with Crippen molar-refractivity contribution in [2.24, 2.45) is 0 Å². The lowest BCUT2D eigenvalue weighted by molar-refractivity contribution is 1.13. The zero-order chi connectivity index (χ0) is 7.84. The van der Waals surface area contributed by atoms with E-state index in [0.717, 1.165) is 0 Å². The van der Waals surface area contributed by atoms with Crippen molar-refractivity contribution in [3.63, 3.8) is 0 Å². The van der Waals surface area contributed by atoms with E-state index in [0.29, 0.717) is 5.25 Å². The maximum atomic E-state index is 2.24. The highest BCUT2D eigenvalue weighted by atomic mass is 32.2. The van der Waals surface area contributed by atoms with Crippen LogP contribution < -0.4 is 4.31 Å². The minimum absolute atomic E-state index is 0.621. The number of hydrogen-bond donors (Lipinski definition) is 0. The fraction of sp³-hybridized carbons (Fsp3) is 0.333. The Balaban J connectivity index is 2.52. The van der Waals surface area contributed by atoms with Gasteiger partial charge in [0.2, 0.25) is 0 Å². The van der Waals surface area contributed by atoms with Gasteiger partial charge in [-0.3, -0.25) is 0 Å². The minimum atomic E-state index is 0.621. The molecule has 0 N–H and O–H groups in total. The molecule has 11 heavy (non-hydrogen) atoms. The summed E-state index contributed by atoms with van der Waals surface area (Å²) in [4.78, 5) is 0. The van der Waals surface area contributed by atoms with E-state index in [1.54, 1.807) is 0 Å². The summed E-state index contributed by atoms with van der Waals surface area (Å²) in [5.41, 5.74) is 2.82. The molecule has 2 heteroatoms. The van der Waals surface area contributed by atoms with Crippen LogP contribution in [0.4, 0.5) is 5.69 Å². The first-order valence-electron chi connectivity index (χ1n) is 3.78. The van der Waals surface area contributed by atoms with Crippen molar-refractivity contribution < 1.29 is 0 Å². The van der Waals surface area contributed by atoms with Crippen LogP contribution in [0.5, 0.6) is 0 Å². The van der Waals surface area contributed by atoms with E-state index < -0.39 is 0 Å². The van der Waals surface area contributed by atoms with Crippen LogP contribution in [0.15, 0.2) is 24.3 Å². The van der Waals surface area contributed by atoms with E-state index in [4.69, 9.17) is 0 Å². The lowest BCUT2D eigenvalue weighted by atomic mass is 10.1. The number of rotatable bonds is 0. The van der Waals surface area contributed by atoms with E-state index >= 15 is 0 Å². The third-order valence-electron chi connectivity index (χ3n) is 2.03. The fourth-order valence-corrected chi connectivity index (χ4v) is 2.54. The summed E-state index contributed by atoms with van der Waals surface area (Å²) in [5, 5.41) is 0.621. The molecule has 1 atom stereocenters. The summed E-state index contributed by atoms with van der Waals surface area (Å²) < 4.78 is 2.24. The summed E-state index contributed by atoms with van der Waals surface area (Å²) >= 11 is 1.88. The van der Waals surface area contributed by atoms with Crippen molar-refractivity contribution in [2.75, 3.05) is 11.4 Å². The van der Waals surface area contributed by atoms with Crippen LogP contribution in [0.2, 0.25) is 0 Å². The first-order chi connectivity index (χ1) is 5.29. The Labute approximate surface area is 71.5 Å². The van der Waals surface area contributed by atoms with Crippen molar-refractivity contribution in [3.8, 4) is 0 Å². The number of fused-ring (bicyclic) bond motifs is 1. The Hall–Kier alpha value is -0.630. The quantitative estimate of drug-likeness (QED) is 0.544. The molecular formula is C9H11NS. The monoisotopic (exact) mass is 165 g/mol. The Morgan fingerprint density at radius 2 is 2.09 bits per heavy atom. The third-order valence-corrected chi connectivity index (χ3v) is 3.11. The highest BCUT2D eigenvalue weighted by Gasteiger charge is 2.22. The molecule has 0 saturated heterocycles. The summed E-state index contributed by atoms with van der Waals surface area (Å²) in [6.45, 7) is 2.24. The Bertz CT molecular complexity index is 245. The second kappa shape index (κ2) is 2.45. The predicted octanol–water partition coefficient (Wildman–Crippen LogP) is 2.85. The van der Waals surface area contributed by atoms with Crippen molar-refractivity contribution >= 4 is 17.6 Å². The standard InChI is InChI=1S/C9H11NS/c1-7-8-5-3-4-6-9(8)10(2)11-7/h3-7H,1-2H3. The second-order valence-electron chi connectivity index (χ2n) is 2.80. The van der Waals surface area contributed by atoms with Crippen molar-refractivity contribution in [1.82, 2.24) is 0 Å². The van der Waals surface area contributed by atoms with E-state index in [-0.39, 0.29) is 0 Å². The molecule has 0 radical (unpaired) electrons. The van der Waals surface area contributed by atoms with Gasteiger partial charge in [0.15, 0.2) is 0 Å². The van der Waals surface area contributed by atoms with Crippen LogP contribution in [0.25, 0.3) is 0 Å². The van der Waals surface area contributed by atoms with E-state index in [9.17, 15) is 0 Å². The van der Waals surface area contributed by atoms with Crippen LogP contribution in [-0.4, -0.2) is 7.05 Å². The van der Waals surface area contributed by atoms with Crippen LogP contribution in [-0.2, 0) is 0 Å². The van der Waals surface area contributed by atoms with Crippen LogP contribution in [0.1, 0.15) is 17.7 Å². The zero-order valence-corrected chi connectivity index (χ0v) is 7.56. The van der Waals surface area contributed by atoms with Crippen molar-refractivity contribution in [2.45, 2.75) is 12.2 Å². The molecule has 0 aliphatic carbocycles. The lowest BCUT2D eigenvalue weighted by Crippen LogP contribution is -1.99. The second-order valence-corrected chi connectivity index (χ2v) is 4.27. The molecule has 1 aliphatic heterocycles. The van der Waals surface area contributed by atoms with Crippen LogP contribution >= 0.6 is 11.9 Å². The first kappa shape index (κ1) is 7.04. The van der Waals surface area contributed by atoms with E-state index in [1.807, 2.05) is 11.9 Å². The Morgan fingerprint density at radius 3 is 2.82 bits per heavy atom. The summed E-state index contributed by atoms with van der Waals surface area (Å²) in [5.74, 6) is 0. The van der Waals surface area contributed by atoms with Gasteiger partial charge in [0.25, 0.3) is 0 Å². The largest absolute Gasteiger partial charge is 0.318 e. The zero-order valence-electron chi connectivity index (χ0n) is 6.74. The van der Waals surface area contributed by atoms with Gasteiger partial charge in [-0.15, -0.1) is 0 Å². The van der Waals surface area contributed by atoms with Gasteiger partial charge in [-0.05, 0) is 30.5 Å². The molecule has 0 spiro atoms. The van der Waals surface area contributed by atoms with Crippen molar-refractivity contribution in [3.05, 3.63) is 29.8 Å². The SMILES string of the molecule is CC1SN(C)c2ccccc21. The van der Waals surface area contributed by atoms with Gasteiger partial charge in [0, 0.05) is 12.3 Å². The molecule has 0 aromatic heterocycles. The Kier molecular flexibility index (Phi) is 1.57. The van der Waals surface area contributed by atoms with Gasteiger partial charge in [0.05, 0.1) is 5.69 Å². The van der Waals surface area contributed by atoms with Gasteiger partial charge < -0.3 is 4.31 Å². The molecule has 1 heterocycles. The van der Waals surface area contributed by atoms with E-state index in [1.165, 1.54) is 11.3 Å². The predicted molar refractivity (Wildman–Crippen MR) is 50.9 cm³/mol. The number of anilines is 1. The molecule has 58 valence electrons. The fourth-order valence-electron chi connectivity index (χ4n) is 1.47. The maximum Gasteiger partial charge on any atom is 0.0510 e. The third kappa shape index (κ3) is 1.02. The molecule has 0 saturated carbocycles. The molecule has 2 rings (SSSR count). The molecular weight excluding hydrogens is 154 g/mol. The van der Waals surface area contributed by atoms with Gasteiger partial charge in [0.1, 0.15) is 0 Å². The lowest BCUT2D eigenvalue weighted by Gasteiger charge is -2.08. The average molecular weight is 165 g/mol. The molecule has 1 aliphatic rings. The molecule has 1 nitrogen and oxygen atoms in total. The molecule has 0 bridgehead atoms. The van der Waals surface area contributed by atoms with Crippen LogP contribution in [0, 0.1) is 0 Å². The van der Waals surface area contributed by atoms with Crippen LogP contribution in [0.3, 0.4) is 0 Å². The molecule has 1 unspecified atom stereocenters. The molecule has 0 fully saturated rings. The number of benzene rings is 1. The highest BCUT2D eigenvalue weighted by molar-refractivity contribution is 8.01. The smallest absolute Gasteiger partial charge is 0.0510 e. The molecule has 1 aromatic carbocycles. The Morgan fingerprint density at radius 1 is 1.36 bits per heavy atom. The van der Waals surface area contributed by atoms with Crippen molar-refractivity contribution in [1.29, 1.82) is 0 Å². The van der Waals surface area contributed by atoms with Gasteiger partial charge in [-0.1, -0.05) is 18.2 Å². The number of para-hydroxylation sites is 1. The normalized spacial score (nSPS) is 22.0. The van der Waals surface area contributed by atoms with Gasteiger partial charge >= 0.3 is 0 Å². The summed E-state index contributed by atoms with van der Waals surface area (Å²) in [6.07, 6.45) is 0. The van der Waals surface area contributed by atoms with Gasteiger partial charge in [-0.2, -0.15) is 0 Å². The van der Waals surface area contributed by atoms with Gasteiger partial charge in [-0.25, -0.2) is 0 Å². The summed E-state index contributed by atoms with van der Waals surface area (Å²) in [6, 6.07) is 8.57. The van der Waals surface area contributed by atoms with E-state index in [2.05, 4.69) is 42.5 Å². The minimum Gasteiger partial charge on any atom is -0.318 e. The topological polar surface area (TPSA) is 3.24 Å². The highest BCUT2D eigenvalue weighted by Crippen LogP contribution is 2.45. The maximum absolute atomic E-state index is 2.24. The number of hydrogen-bond acceptors (Lipinski definition) is 2. The molecule has 1 aromatic rings.